The third kappa shape index (κ3) is 4.63. The smallest absolute Gasteiger partial charge is 0.319 e. The van der Waals surface area contributed by atoms with Crippen LogP contribution in [0.5, 0.6) is 0 Å². The van der Waals surface area contributed by atoms with Gasteiger partial charge in [0.25, 0.3) is 0 Å². The fourth-order valence-corrected chi connectivity index (χ4v) is 1.68. The normalized spacial score (nSPS) is 12.0. The lowest BCUT2D eigenvalue weighted by Crippen LogP contribution is -2.38. The lowest BCUT2D eigenvalue weighted by atomic mass is 10.2. The topological polar surface area (TPSA) is 50.4 Å². The van der Waals surface area contributed by atoms with Gasteiger partial charge in [0.05, 0.1) is 23.4 Å². The standard InChI is InChI=1S/C12H17ClN2O2/c1-8-4-5-11(10(13)6-8)15-12(16)14-9(2)7-17-3/h4-6,9H,7H2,1-3H3,(H2,14,15,16). The molecule has 1 atom stereocenters. The lowest BCUT2D eigenvalue weighted by Gasteiger charge is -2.14. The van der Waals surface area contributed by atoms with E-state index in [2.05, 4.69) is 10.6 Å². The number of anilines is 1. The molecule has 0 saturated heterocycles. The van der Waals surface area contributed by atoms with Gasteiger partial charge in [-0.05, 0) is 31.5 Å². The molecule has 1 aromatic carbocycles. The molecule has 0 saturated carbocycles. The number of methoxy groups -OCH3 is 1. The first-order valence-corrected chi connectivity index (χ1v) is 5.73. The first kappa shape index (κ1) is 13.8. The van der Waals surface area contributed by atoms with Crippen LogP contribution in [0.15, 0.2) is 18.2 Å². The van der Waals surface area contributed by atoms with Gasteiger partial charge in [-0.15, -0.1) is 0 Å². The number of hydrogen-bond acceptors (Lipinski definition) is 2. The van der Waals surface area contributed by atoms with Crippen LogP contribution in [0.2, 0.25) is 5.02 Å². The van der Waals surface area contributed by atoms with Gasteiger partial charge in [-0.1, -0.05) is 17.7 Å². The van der Waals surface area contributed by atoms with E-state index in [0.717, 1.165) is 5.56 Å². The zero-order chi connectivity index (χ0) is 12.8. The summed E-state index contributed by atoms with van der Waals surface area (Å²) in [6.45, 7) is 4.27. The second-order valence-electron chi connectivity index (χ2n) is 3.94. The van der Waals surface area contributed by atoms with Gasteiger partial charge in [0.1, 0.15) is 0 Å². The van der Waals surface area contributed by atoms with Crippen molar-refractivity contribution in [3.05, 3.63) is 28.8 Å². The maximum Gasteiger partial charge on any atom is 0.319 e. The number of carbonyl (C=O) groups excluding carboxylic acids is 1. The van der Waals surface area contributed by atoms with Crippen molar-refractivity contribution >= 4 is 23.3 Å². The highest BCUT2D eigenvalue weighted by Gasteiger charge is 2.08. The number of amides is 2. The van der Waals surface area contributed by atoms with Gasteiger partial charge >= 0.3 is 6.03 Å². The molecular formula is C12H17ClN2O2. The zero-order valence-electron chi connectivity index (χ0n) is 10.2. The van der Waals surface area contributed by atoms with Gasteiger partial charge in [0.15, 0.2) is 0 Å². The van der Waals surface area contributed by atoms with E-state index in [1.165, 1.54) is 0 Å². The summed E-state index contributed by atoms with van der Waals surface area (Å²) in [6, 6.07) is 5.12. The van der Waals surface area contributed by atoms with Gasteiger partial charge in [-0.25, -0.2) is 4.79 Å². The first-order chi connectivity index (χ1) is 8.02. The molecule has 0 aliphatic heterocycles. The largest absolute Gasteiger partial charge is 0.383 e. The van der Waals surface area contributed by atoms with Crippen molar-refractivity contribution in [1.82, 2.24) is 5.32 Å². The molecule has 0 spiro atoms. The minimum absolute atomic E-state index is 0.0516. The molecule has 1 unspecified atom stereocenters. The quantitative estimate of drug-likeness (QED) is 0.870. The van der Waals surface area contributed by atoms with Crippen LogP contribution in [0.4, 0.5) is 10.5 Å². The monoisotopic (exact) mass is 256 g/mol. The second-order valence-corrected chi connectivity index (χ2v) is 4.35. The predicted octanol–water partition coefficient (Wildman–Crippen LogP) is 2.80. The lowest BCUT2D eigenvalue weighted by molar-refractivity contribution is 0.173. The predicted molar refractivity (Wildman–Crippen MR) is 69.7 cm³/mol. The highest BCUT2D eigenvalue weighted by molar-refractivity contribution is 6.33. The molecule has 0 aliphatic carbocycles. The van der Waals surface area contributed by atoms with Crippen molar-refractivity contribution < 1.29 is 9.53 Å². The van der Waals surface area contributed by atoms with Crippen LogP contribution < -0.4 is 10.6 Å². The van der Waals surface area contributed by atoms with E-state index < -0.39 is 0 Å². The van der Waals surface area contributed by atoms with Crippen LogP contribution in [-0.2, 0) is 4.74 Å². The van der Waals surface area contributed by atoms with E-state index >= 15 is 0 Å². The van der Waals surface area contributed by atoms with Crippen LogP contribution in [0.3, 0.4) is 0 Å². The van der Waals surface area contributed by atoms with Crippen LogP contribution in [0, 0.1) is 6.92 Å². The van der Waals surface area contributed by atoms with Crippen molar-refractivity contribution in [3.8, 4) is 0 Å². The fourth-order valence-electron chi connectivity index (χ4n) is 1.40. The van der Waals surface area contributed by atoms with Gasteiger partial charge in [-0.3, -0.25) is 0 Å². The number of carbonyl (C=O) groups is 1. The number of rotatable bonds is 4. The summed E-state index contributed by atoms with van der Waals surface area (Å²) in [7, 11) is 1.59. The summed E-state index contributed by atoms with van der Waals surface area (Å²) in [6.07, 6.45) is 0. The van der Waals surface area contributed by atoms with E-state index in [-0.39, 0.29) is 12.1 Å². The summed E-state index contributed by atoms with van der Waals surface area (Å²) in [4.78, 5) is 11.6. The number of urea groups is 1. The molecule has 0 fully saturated rings. The van der Waals surface area contributed by atoms with Crippen molar-refractivity contribution in [3.63, 3.8) is 0 Å². The Kier molecular flexibility index (Phi) is 5.25. The van der Waals surface area contributed by atoms with Crippen LogP contribution in [0.1, 0.15) is 12.5 Å². The van der Waals surface area contributed by atoms with E-state index in [1.54, 1.807) is 19.2 Å². The molecule has 5 heteroatoms. The van der Waals surface area contributed by atoms with Crippen molar-refractivity contribution in [2.24, 2.45) is 0 Å². The molecule has 0 aliphatic rings. The summed E-state index contributed by atoms with van der Waals surface area (Å²) in [5.74, 6) is 0. The Morgan fingerprint density at radius 1 is 1.53 bits per heavy atom. The first-order valence-electron chi connectivity index (χ1n) is 5.35. The minimum Gasteiger partial charge on any atom is -0.383 e. The minimum atomic E-state index is -0.291. The van der Waals surface area contributed by atoms with Gasteiger partial charge in [0, 0.05) is 7.11 Å². The molecule has 1 aromatic rings. The number of benzene rings is 1. The average molecular weight is 257 g/mol. The Hall–Kier alpha value is -1.26. The van der Waals surface area contributed by atoms with E-state index in [4.69, 9.17) is 16.3 Å². The van der Waals surface area contributed by atoms with E-state index in [9.17, 15) is 4.79 Å². The molecular weight excluding hydrogens is 240 g/mol. The number of halogens is 1. The molecule has 4 nitrogen and oxygen atoms in total. The SMILES string of the molecule is COCC(C)NC(=O)Nc1ccc(C)cc1Cl. The molecule has 1 rings (SSSR count). The number of aryl methyl sites for hydroxylation is 1. The number of nitrogens with one attached hydrogen (secondary N) is 2. The third-order valence-corrected chi connectivity index (χ3v) is 2.48. The van der Waals surface area contributed by atoms with Crippen LogP contribution >= 0.6 is 11.6 Å². The van der Waals surface area contributed by atoms with Crippen LogP contribution in [-0.4, -0.2) is 25.8 Å². The zero-order valence-corrected chi connectivity index (χ0v) is 11.0. The Labute approximate surface area is 106 Å². The van der Waals surface area contributed by atoms with E-state index in [1.807, 2.05) is 19.9 Å². The van der Waals surface area contributed by atoms with Crippen molar-refractivity contribution in [2.45, 2.75) is 19.9 Å². The Morgan fingerprint density at radius 2 is 2.24 bits per heavy atom. The Balaban J connectivity index is 2.56. The summed E-state index contributed by atoms with van der Waals surface area (Å²) < 4.78 is 4.93. The average Bonchev–Trinajstić information content (AvgIpc) is 2.22. The van der Waals surface area contributed by atoms with Gasteiger partial charge in [-0.2, -0.15) is 0 Å². The van der Waals surface area contributed by atoms with Crippen LogP contribution in [0.25, 0.3) is 0 Å². The molecule has 0 radical (unpaired) electrons. The molecule has 17 heavy (non-hydrogen) atoms. The van der Waals surface area contributed by atoms with Gasteiger partial charge < -0.3 is 15.4 Å². The fraction of sp³-hybridized carbons (Fsp3) is 0.417. The van der Waals surface area contributed by atoms with Crippen molar-refractivity contribution in [1.29, 1.82) is 0 Å². The van der Waals surface area contributed by atoms with E-state index in [0.29, 0.717) is 17.3 Å². The Bertz CT molecular complexity index is 396. The summed E-state index contributed by atoms with van der Waals surface area (Å²) in [5.41, 5.74) is 1.65. The maximum atomic E-state index is 11.6. The summed E-state index contributed by atoms with van der Waals surface area (Å²) in [5, 5.41) is 5.95. The molecule has 0 bridgehead atoms. The third-order valence-electron chi connectivity index (χ3n) is 2.17. The Morgan fingerprint density at radius 3 is 2.82 bits per heavy atom. The van der Waals surface area contributed by atoms with Crippen molar-refractivity contribution in [2.75, 3.05) is 19.0 Å². The molecule has 2 N–H and O–H groups in total. The second kappa shape index (κ2) is 6.47. The maximum absolute atomic E-state index is 11.6. The number of ether oxygens (including phenoxy) is 1. The number of hydrogen-bond donors (Lipinski definition) is 2. The molecule has 94 valence electrons. The molecule has 2 amide bonds. The highest BCUT2D eigenvalue weighted by atomic mass is 35.5. The molecule has 0 aromatic heterocycles. The highest BCUT2D eigenvalue weighted by Crippen LogP contribution is 2.22. The summed E-state index contributed by atoms with van der Waals surface area (Å²) >= 11 is 6.00. The van der Waals surface area contributed by atoms with Gasteiger partial charge in [0.2, 0.25) is 0 Å². The molecule has 0 heterocycles.